The number of nitrogens with zero attached hydrogens (tertiary/aromatic N) is 7. The van der Waals surface area contributed by atoms with Crippen LogP contribution in [0, 0.1) is 0 Å². The molecule has 190 valence electrons. The van der Waals surface area contributed by atoms with Crippen LogP contribution in [-0.2, 0) is 17.1 Å². The standard InChI is InChI=1S/C22H25ClN8O4S/c1-13(20-24-11-15(23)12-25-20)14(2)36(32,33)29-22-27-26-21(16-9-10-30(3)28-16)31(22)19-17(34-4)7-6-8-18(19)35-5/h6-14H,1-5H3,(H,27,29). The van der Waals surface area contributed by atoms with Gasteiger partial charge in [0, 0.05) is 31.6 Å². The molecule has 0 fully saturated rings. The third-order valence-electron chi connectivity index (χ3n) is 5.71. The zero-order valence-corrected chi connectivity index (χ0v) is 21.8. The van der Waals surface area contributed by atoms with E-state index in [-0.39, 0.29) is 11.8 Å². The minimum absolute atomic E-state index is 0.0606. The van der Waals surface area contributed by atoms with Crippen molar-refractivity contribution < 1.29 is 17.9 Å². The molecule has 0 bridgehead atoms. The third kappa shape index (κ3) is 4.84. The summed E-state index contributed by atoms with van der Waals surface area (Å²) in [6.07, 6.45) is 4.60. The molecule has 0 saturated heterocycles. The summed E-state index contributed by atoms with van der Waals surface area (Å²) >= 11 is 5.87. The summed E-state index contributed by atoms with van der Waals surface area (Å²) in [5.74, 6) is 0.865. The van der Waals surface area contributed by atoms with Gasteiger partial charge in [-0.2, -0.15) is 5.10 Å². The first kappa shape index (κ1) is 25.4. The lowest BCUT2D eigenvalue weighted by molar-refractivity contribution is 0.391. The smallest absolute Gasteiger partial charge is 0.243 e. The van der Waals surface area contributed by atoms with Gasteiger partial charge in [-0.25, -0.2) is 18.4 Å². The summed E-state index contributed by atoms with van der Waals surface area (Å²) in [5.41, 5.74) is 0.881. The van der Waals surface area contributed by atoms with Gasteiger partial charge < -0.3 is 9.47 Å². The molecular formula is C22H25ClN8O4S. The van der Waals surface area contributed by atoms with E-state index in [1.807, 2.05) is 0 Å². The lowest BCUT2D eigenvalue weighted by Crippen LogP contribution is -2.31. The maximum atomic E-state index is 13.5. The molecule has 14 heteroatoms. The van der Waals surface area contributed by atoms with Crippen molar-refractivity contribution >= 4 is 27.6 Å². The fourth-order valence-electron chi connectivity index (χ4n) is 3.57. The number of hydrogen-bond acceptors (Lipinski definition) is 9. The van der Waals surface area contributed by atoms with E-state index in [1.165, 1.54) is 31.2 Å². The van der Waals surface area contributed by atoms with Crippen LogP contribution in [0.1, 0.15) is 25.6 Å². The molecule has 2 atom stereocenters. The average molecular weight is 533 g/mol. The number of aromatic nitrogens is 7. The van der Waals surface area contributed by atoms with Crippen molar-refractivity contribution in [1.29, 1.82) is 0 Å². The number of benzene rings is 1. The molecule has 0 aliphatic rings. The summed E-state index contributed by atoms with van der Waals surface area (Å²) in [7, 11) is 0.771. The van der Waals surface area contributed by atoms with Crippen LogP contribution in [0.2, 0.25) is 5.02 Å². The Morgan fingerprint density at radius 2 is 1.67 bits per heavy atom. The Morgan fingerprint density at radius 1 is 1.03 bits per heavy atom. The van der Waals surface area contributed by atoms with Crippen LogP contribution in [-0.4, -0.2) is 62.4 Å². The Labute approximate surface area is 213 Å². The summed E-state index contributed by atoms with van der Waals surface area (Å²) in [6.45, 7) is 3.29. The van der Waals surface area contributed by atoms with Gasteiger partial charge in [-0.15, -0.1) is 10.2 Å². The molecule has 0 saturated carbocycles. The average Bonchev–Trinajstić information content (AvgIpc) is 3.48. The van der Waals surface area contributed by atoms with Crippen LogP contribution >= 0.6 is 11.6 Å². The maximum Gasteiger partial charge on any atom is 0.243 e. The molecule has 3 heterocycles. The number of hydrogen-bond donors (Lipinski definition) is 1. The zero-order chi connectivity index (χ0) is 26.0. The number of rotatable bonds is 9. The van der Waals surface area contributed by atoms with Crippen molar-refractivity contribution in [1.82, 2.24) is 34.5 Å². The number of nitrogens with one attached hydrogen (secondary N) is 1. The summed E-state index contributed by atoms with van der Waals surface area (Å²) in [4.78, 5) is 8.33. The van der Waals surface area contributed by atoms with Gasteiger partial charge in [0.2, 0.25) is 16.0 Å². The molecule has 4 rings (SSSR count). The molecule has 0 radical (unpaired) electrons. The van der Waals surface area contributed by atoms with Crippen molar-refractivity contribution in [3.05, 3.63) is 53.7 Å². The second-order valence-electron chi connectivity index (χ2n) is 7.97. The quantitative estimate of drug-likeness (QED) is 0.344. The number of methoxy groups -OCH3 is 2. The number of para-hydroxylation sites is 1. The first-order valence-electron chi connectivity index (χ1n) is 10.8. The van der Waals surface area contributed by atoms with E-state index in [2.05, 4.69) is 30.0 Å². The van der Waals surface area contributed by atoms with Crippen molar-refractivity contribution in [2.75, 3.05) is 18.9 Å². The largest absolute Gasteiger partial charge is 0.494 e. The second kappa shape index (κ2) is 10.1. The molecule has 0 aliphatic heterocycles. The van der Waals surface area contributed by atoms with Crippen LogP contribution in [0.3, 0.4) is 0 Å². The molecule has 0 amide bonds. The van der Waals surface area contributed by atoms with Crippen molar-refractivity contribution in [3.8, 4) is 28.7 Å². The molecule has 36 heavy (non-hydrogen) atoms. The monoisotopic (exact) mass is 532 g/mol. The Morgan fingerprint density at radius 3 is 2.22 bits per heavy atom. The van der Waals surface area contributed by atoms with Crippen LogP contribution in [0.5, 0.6) is 11.5 Å². The summed E-state index contributed by atoms with van der Waals surface area (Å²) in [6, 6.07) is 6.94. The van der Waals surface area contributed by atoms with Gasteiger partial charge in [0.1, 0.15) is 28.7 Å². The van der Waals surface area contributed by atoms with E-state index in [1.54, 1.807) is 56.0 Å². The Hall–Kier alpha value is -3.71. The normalized spacial score (nSPS) is 13.3. The van der Waals surface area contributed by atoms with Crippen molar-refractivity contribution in [2.24, 2.45) is 7.05 Å². The van der Waals surface area contributed by atoms with E-state index < -0.39 is 21.2 Å². The molecular weight excluding hydrogens is 508 g/mol. The van der Waals surface area contributed by atoms with E-state index >= 15 is 0 Å². The number of ether oxygens (including phenoxy) is 2. The molecule has 0 aliphatic carbocycles. The predicted molar refractivity (Wildman–Crippen MR) is 134 cm³/mol. The zero-order valence-electron chi connectivity index (χ0n) is 20.2. The topological polar surface area (TPSA) is 139 Å². The lowest BCUT2D eigenvalue weighted by atomic mass is 10.1. The van der Waals surface area contributed by atoms with Crippen LogP contribution in [0.4, 0.5) is 5.95 Å². The summed E-state index contributed by atoms with van der Waals surface area (Å²) < 4.78 is 43.7. The van der Waals surface area contributed by atoms with Crippen molar-refractivity contribution in [2.45, 2.75) is 25.0 Å². The predicted octanol–water partition coefficient (Wildman–Crippen LogP) is 3.06. The first-order chi connectivity index (χ1) is 17.2. The van der Waals surface area contributed by atoms with Gasteiger partial charge in [0.25, 0.3) is 0 Å². The number of anilines is 1. The fourth-order valence-corrected chi connectivity index (χ4v) is 4.90. The number of aryl methyl sites for hydroxylation is 1. The van der Waals surface area contributed by atoms with Crippen LogP contribution in [0.25, 0.3) is 17.2 Å². The fraction of sp³-hybridized carbons (Fsp3) is 0.318. The molecule has 1 aromatic carbocycles. The van der Waals surface area contributed by atoms with Gasteiger partial charge >= 0.3 is 0 Å². The summed E-state index contributed by atoms with van der Waals surface area (Å²) in [5, 5.41) is 12.2. The van der Waals surface area contributed by atoms with Gasteiger partial charge in [0.15, 0.2) is 5.82 Å². The molecule has 0 spiro atoms. The van der Waals surface area contributed by atoms with Gasteiger partial charge in [0.05, 0.1) is 24.5 Å². The van der Waals surface area contributed by atoms with Crippen LogP contribution in [0.15, 0.2) is 42.9 Å². The highest BCUT2D eigenvalue weighted by atomic mass is 35.5. The maximum absolute atomic E-state index is 13.5. The minimum atomic E-state index is -4.00. The molecule has 12 nitrogen and oxygen atoms in total. The second-order valence-corrected chi connectivity index (χ2v) is 10.4. The Kier molecular flexibility index (Phi) is 7.13. The molecule has 2 unspecified atom stereocenters. The van der Waals surface area contributed by atoms with Gasteiger partial charge in [-0.05, 0) is 25.1 Å². The molecule has 1 N–H and O–H groups in total. The highest BCUT2D eigenvalue weighted by Crippen LogP contribution is 2.37. The highest BCUT2D eigenvalue weighted by Gasteiger charge is 2.32. The molecule has 4 aromatic rings. The van der Waals surface area contributed by atoms with E-state index in [4.69, 9.17) is 21.1 Å². The minimum Gasteiger partial charge on any atom is -0.494 e. The van der Waals surface area contributed by atoms with Gasteiger partial charge in [-0.1, -0.05) is 24.6 Å². The highest BCUT2D eigenvalue weighted by molar-refractivity contribution is 7.93. The Balaban J connectivity index is 1.81. The third-order valence-corrected chi connectivity index (χ3v) is 7.76. The van der Waals surface area contributed by atoms with Gasteiger partial charge in [-0.3, -0.25) is 14.0 Å². The molecule has 3 aromatic heterocycles. The first-order valence-corrected chi connectivity index (χ1v) is 12.7. The number of halogens is 1. The lowest BCUT2D eigenvalue weighted by Gasteiger charge is -2.21. The van der Waals surface area contributed by atoms with Crippen molar-refractivity contribution in [3.63, 3.8) is 0 Å². The van der Waals surface area contributed by atoms with E-state index in [0.29, 0.717) is 33.7 Å². The van der Waals surface area contributed by atoms with E-state index in [0.717, 1.165) is 0 Å². The Bertz CT molecular complexity index is 1450. The van der Waals surface area contributed by atoms with E-state index in [9.17, 15) is 8.42 Å². The SMILES string of the molecule is COc1cccc(OC)c1-n1c(NS(=O)(=O)C(C)C(C)c2ncc(Cl)cn2)nnc1-c1ccn(C)n1. The number of sulfonamides is 1. The van der Waals surface area contributed by atoms with Crippen LogP contribution < -0.4 is 14.2 Å².